The predicted octanol–water partition coefficient (Wildman–Crippen LogP) is 2.51. The molecular weight excluding hydrogens is 290 g/mol. The zero-order chi connectivity index (χ0) is 14.8. The van der Waals surface area contributed by atoms with Crippen molar-refractivity contribution in [1.29, 1.82) is 5.26 Å². The van der Waals surface area contributed by atoms with Crippen molar-refractivity contribution >= 4 is 28.2 Å². The van der Waals surface area contributed by atoms with Gasteiger partial charge in [0.15, 0.2) is 4.34 Å². The lowest BCUT2D eigenvalue weighted by Crippen LogP contribution is -2.44. The second kappa shape index (κ2) is 6.29. The standard InChI is InChI=1S/C13H21N5S2/c1-9(7-13(2,8-14)15-10-5-6-10)19-12-17-16-11(20-12)18(3)4/h9-10,15H,5-7H2,1-4H3. The highest BCUT2D eigenvalue weighted by Gasteiger charge is 2.34. The Balaban J connectivity index is 1.89. The summed E-state index contributed by atoms with van der Waals surface area (Å²) in [5.41, 5.74) is -0.442. The summed E-state index contributed by atoms with van der Waals surface area (Å²) in [4.78, 5) is 1.96. The maximum Gasteiger partial charge on any atom is 0.208 e. The average molecular weight is 311 g/mol. The normalized spacial score (nSPS) is 19.1. The highest BCUT2D eigenvalue weighted by atomic mass is 32.2. The van der Waals surface area contributed by atoms with E-state index in [0.29, 0.717) is 11.3 Å². The number of rotatable bonds is 7. The summed E-state index contributed by atoms with van der Waals surface area (Å²) in [6, 6.07) is 2.97. The molecule has 1 saturated carbocycles. The van der Waals surface area contributed by atoms with Crippen LogP contribution >= 0.6 is 23.1 Å². The Bertz CT molecular complexity index is 491. The molecular formula is C13H21N5S2. The fourth-order valence-electron chi connectivity index (χ4n) is 2.03. The summed E-state index contributed by atoms with van der Waals surface area (Å²) in [6.45, 7) is 4.14. The first-order valence-electron chi connectivity index (χ1n) is 6.78. The maximum absolute atomic E-state index is 9.40. The Kier molecular flexibility index (Phi) is 4.89. The number of thioether (sulfide) groups is 1. The molecule has 1 aromatic rings. The van der Waals surface area contributed by atoms with Crippen LogP contribution in [-0.2, 0) is 0 Å². The summed E-state index contributed by atoms with van der Waals surface area (Å²) in [7, 11) is 3.93. The van der Waals surface area contributed by atoms with E-state index in [4.69, 9.17) is 0 Å². The minimum absolute atomic E-state index is 0.328. The summed E-state index contributed by atoms with van der Waals surface area (Å²) in [6.07, 6.45) is 3.20. The van der Waals surface area contributed by atoms with Crippen molar-refractivity contribution in [3.63, 3.8) is 0 Å². The van der Waals surface area contributed by atoms with Crippen LogP contribution in [0.5, 0.6) is 0 Å². The zero-order valence-electron chi connectivity index (χ0n) is 12.4. The lowest BCUT2D eigenvalue weighted by Gasteiger charge is -2.26. The molecule has 0 amide bonds. The van der Waals surface area contributed by atoms with Crippen LogP contribution in [0.3, 0.4) is 0 Å². The summed E-state index contributed by atoms with van der Waals surface area (Å²) in [5.74, 6) is 0. The Morgan fingerprint density at radius 1 is 1.55 bits per heavy atom. The third kappa shape index (κ3) is 4.33. The lowest BCUT2D eigenvalue weighted by molar-refractivity contribution is 0.414. The van der Waals surface area contributed by atoms with E-state index in [0.717, 1.165) is 15.9 Å². The zero-order valence-corrected chi connectivity index (χ0v) is 14.0. The quantitative estimate of drug-likeness (QED) is 0.781. The van der Waals surface area contributed by atoms with Crippen LogP contribution in [-0.4, -0.2) is 41.1 Å². The molecule has 0 spiro atoms. The van der Waals surface area contributed by atoms with Crippen molar-refractivity contribution in [1.82, 2.24) is 15.5 Å². The molecule has 110 valence electrons. The Labute approximate surface area is 128 Å². The van der Waals surface area contributed by atoms with Gasteiger partial charge in [-0.2, -0.15) is 5.26 Å². The second-order valence-corrected chi connectivity index (χ2v) is 8.38. The molecule has 0 saturated heterocycles. The van der Waals surface area contributed by atoms with Crippen LogP contribution in [0.1, 0.15) is 33.1 Å². The lowest BCUT2D eigenvalue weighted by atomic mass is 9.98. The van der Waals surface area contributed by atoms with Crippen molar-refractivity contribution in [3.05, 3.63) is 0 Å². The molecule has 1 aromatic heterocycles. The van der Waals surface area contributed by atoms with Gasteiger partial charge in [-0.3, -0.25) is 5.32 Å². The molecule has 2 rings (SSSR count). The minimum atomic E-state index is -0.442. The number of nitrogens with one attached hydrogen (secondary N) is 1. The van der Waals surface area contributed by atoms with Crippen LogP contribution in [0, 0.1) is 11.3 Å². The van der Waals surface area contributed by atoms with Crippen LogP contribution < -0.4 is 10.2 Å². The van der Waals surface area contributed by atoms with E-state index in [-0.39, 0.29) is 0 Å². The molecule has 0 aromatic carbocycles. The summed E-state index contributed by atoms with van der Waals surface area (Å²) < 4.78 is 0.966. The van der Waals surface area contributed by atoms with Gasteiger partial charge in [-0.25, -0.2) is 0 Å². The molecule has 1 heterocycles. The van der Waals surface area contributed by atoms with Crippen LogP contribution in [0.4, 0.5) is 5.13 Å². The van der Waals surface area contributed by atoms with Gasteiger partial charge in [0.2, 0.25) is 5.13 Å². The van der Waals surface area contributed by atoms with Gasteiger partial charge >= 0.3 is 0 Å². The maximum atomic E-state index is 9.40. The Hall–Kier alpha value is -0.840. The SMILES string of the molecule is CC(CC(C)(C#N)NC1CC1)Sc1nnc(N(C)C)s1. The number of nitrogens with zero attached hydrogens (tertiary/aromatic N) is 4. The molecule has 0 radical (unpaired) electrons. The third-order valence-corrected chi connectivity index (χ3v) is 5.40. The van der Waals surface area contributed by atoms with Crippen LogP contribution in [0.2, 0.25) is 0 Å². The van der Waals surface area contributed by atoms with Gasteiger partial charge in [0.05, 0.1) is 6.07 Å². The topological polar surface area (TPSA) is 64.8 Å². The van der Waals surface area contributed by atoms with Gasteiger partial charge in [0, 0.05) is 25.4 Å². The first-order chi connectivity index (χ1) is 9.42. The highest BCUT2D eigenvalue weighted by molar-refractivity contribution is 8.01. The Morgan fingerprint density at radius 2 is 2.25 bits per heavy atom. The van der Waals surface area contributed by atoms with E-state index in [2.05, 4.69) is 28.5 Å². The smallest absolute Gasteiger partial charge is 0.208 e. The first-order valence-corrected chi connectivity index (χ1v) is 8.48. The van der Waals surface area contributed by atoms with Crippen molar-refractivity contribution in [2.24, 2.45) is 0 Å². The highest BCUT2D eigenvalue weighted by Crippen LogP contribution is 2.34. The van der Waals surface area contributed by atoms with E-state index in [9.17, 15) is 5.26 Å². The predicted molar refractivity (Wildman–Crippen MR) is 84.3 cm³/mol. The van der Waals surface area contributed by atoms with E-state index >= 15 is 0 Å². The molecule has 1 N–H and O–H groups in total. The molecule has 1 aliphatic carbocycles. The molecule has 0 bridgehead atoms. The van der Waals surface area contributed by atoms with Crippen molar-refractivity contribution in [2.75, 3.05) is 19.0 Å². The number of nitriles is 1. The number of anilines is 1. The van der Waals surface area contributed by atoms with Gasteiger partial charge in [0.1, 0.15) is 5.54 Å². The molecule has 2 atom stereocenters. The molecule has 20 heavy (non-hydrogen) atoms. The summed E-state index contributed by atoms with van der Waals surface area (Å²) in [5, 5.41) is 22.4. The molecule has 1 aliphatic rings. The van der Waals surface area contributed by atoms with E-state index in [1.165, 1.54) is 12.8 Å². The number of aromatic nitrogens is 2. The first kappa shape index (κ1) is 15.5. The largest absolute Gasteiger partial charge is 0.353 e. The van der Waals surface area contributed by atoms with Crippen molar-refractivity contribution < 1.29 is 0 Å². The van der Waals surface area contributed by atoms with E-state index < -0.39 is 5.54 Å². The van der Waals surface area contributed by atoms with E-state index in [1.807, 2.05) is 25.9 Å². The Morgan fingerprint density at radius 3 is 2.75 bits per heavy atom. The molecule has 2 unspecified atom stereocenters. The van der Waals surface area contributed by atoms with Gasteiger partial charge < -0.3 is 4.90 Å². The van der Waals surface area contributed by atoms with Gasteiger partial charge in [-0.05, 0) is 26.2 Å². The van der Waals surface area contributed by atoms with E-state index in [1.54, 1.807) is 23.1 Å². The monoisotopic (exact) mass is 311 g/mol. The fraction of sp³-hybridized carbons (Fsp3) is 0.769. The molecule has 0 aliphatic heterocycles. The average Bonchev–Trinajstić information content (AvgIpc) is 3.04. The third-order valence-electron chi connectivity index (χ3n) is 3.12. The molecule has 5 nitrogen and oxygen atoms in total. The molecule has 7 heteroatoms. The van der Waals surface area contributed by atoms with Gasteiger partial charge in [-0.1, -0.05) is 30.0 Å². The summed E-state index contributed by atoms with van der Waals surface area (Å²) >= 11 is 3.29. The van der Waals surface area contributed by atoms with Crippen molar-refractivity contribution in [3.8, 4) is 6.07 Å². The molecule has 1 fully saturated rings. The number of hydrogen-bond acceptors (Lipinski definition) is 7. The van der Waals surface area contributed by atoms with Gasteiger partial charge in [-0.15, -0.1) is 10.2 Å². The van der Waals surface area contributed by atoms with Crippen LogP contribution in [0.25, 0.3) is 0 Å². The van der Waals surface area contributed by atoms with Crippen molar-refractivity contribution in [2.45, 2.75) is 54.3 Å². The minimum Gasteiger partial charge on any atom is -0.353 e. The van der Waals surface area contributed by atoms with Crippen LogP contribution in [0.15, 0.2) is 4.34 Å². The second-order valence-electron chi connectivity index (χ2n) is 5.74. The number of hydrogen-bond donors (Lipinski definition) is 1. The van der Waals surface area contributed by atoms with Gasteiger partial charge in [0.25, 0.3) is 0 Å². The fourth-order valence-corrected chi connectivity index (χ4v) is 4.29.